The zero-order chi connectivity index (χ0) is 40.2. The van der Waals surface area contributed by atoms with Gasteiger partial charge in [0, 0.05) is 44.8 Å². The third-order valence-corrected chi connectivity index (χ3v) is 15.5. The van der Waals surface area contributed by atoms with E-state index >= 15 is 0 Å². The van der Waals surface area contributed by atoms with Crippen molar-refractivity contribution in [2.45, 2.75) is 111 Å². The van der Waals surface area contributed by atoms with Gasteiger partial charge in [0.1, 0.15) is 5.58 Å². The number of aromatic nitrogens is 3. The van der Waals surface area contributed by atoms with E-state index in [1.54, 1.807) is 5.19 Å². The number of hydrogen-bond donors (Lipinski definition) is 0. The van der Waals surface area contributed by atoms with E-state index in [-0.39, 0.29) is 17.4 Å². The Morgan fingerprint density at radius 3 is 2.38 bits per heavy atom. The zero-order valence-electron chi connectivity index (χ0n) is 35.7. The van der Waals surface area contributed by atoms with Crippen LogP contribution in [0.25, 0.3) is 61.5 Å². The molecule has 4 aromatic heterocycles. The highest BCUT2D eigenvalue weighted by atomic mass is 28.3. The fourth-order valence-electron chi connectivity index (χ4n) is 10.9. The summed E-state index contributed by atoms with van der Waals surface area (Å²) in [4.78, 5) is 5.17. The van der Waals surface area contributed by atoms with Gasteiger partial charge < -0.3 is 4.42 Å². The van der Waals surface area contributed by atoms with Crippen molar-refractivity contribution in [1.82, 2.24) is 4.98 Å². The van der Waals surface area contributed by atoms with Gasteiger partial charge in [-0.15, -0.1) is 0 Å². The monoisotopic (exact) mass is 779 g/mol. The molecule has 0 saturated carbocycles. The van der Waals surface area contributed by atoms with Gasteiger partial charge in [-0.25, -0.2) is 4.98 Å². The number of allylic oxidation sites excluding steroid dienone is 1. The second-order valence-corrected chi connectivity index (χ2v) is 24.9. The quantitative estimate of drug-likeness (QED) is 0.132. The Hall–Kier alpha value is -5.13. The molecule has 6 heterocycles. The summed E-state index contributed by atoms with van der Waals surface area (Å²) in [5.74, 6) is 0.249. The van der Waals surface area contributed by atoms with E-state index < -0.39 is 8.07 Å². The molecule has 3 aromatic carbocycles. The molecule has 2 unspecified atom stereocenters. The lowest BCUT2D eigenvalue weighted by Crippen LogP contribution is -2.57. The maximum absolute atomic E-state index is 6.75. The van der Waals surface area contributed by atoms with Crippen molar-refractivity contribution >= 4 is 41.0 Å². The van der Waals surface area contributed by atoms with Crippen LogP contribution >= 0.6 is 0 Å². The van der Waals surface area contributed by atoms with E-state index in [1.165, 1.54) is 79.9 Å². The Kier molecular flexibility index (Phi) is 8.62. The van der Waals surface area contributed by atoms with E-state index in [1.807, 2.05) is 0 Å². The standard InChI is InChI=1S/C53H57N3OSi/c1-32-15-14-16-33(2)49(32)45-24-23-42-44-29-43-36(28-47(44)57-52(42)54-45)21-22-41-39-19-12-13-20-40(39)46-27-37(30-53(4,5)6)48(58(7,8)9)31-56(46)50(41)34(3)55-26-25-35-17-10-11-18-38(35)51(43)55/h12-16,19-20,23-29,31,41,50H,3,10-11,17-18,21-22,30H2,1-2,4-9H3/q+2. The van der Waals surface area contributed by atoms with Gasteiger partial charge in [-0.05, 0) is 134 Å². The molecule has 0 spiro atoms. The Balaban J connectivity index is 1.21. The third-order valence-electron chi connectivity index (χ3n) is 13.4. The Morgan fingerprint density at radius 2 is 1.60 bits per heavy atom. The van der Waals surface area contributed by atoms with Crippen molar-refractivity contribution < 1.29 is 13.6 Å². The van der Waals surface area contributed by atoms with Crippen LogP contribution in [0.2, 0.25) is 19.6 Å². The van der Waals surface area contributed by atoms with E-state index in [9.17, 15) is 0 Å². The molecule has 2 aliphatic heterocycles. The van der Waals surface area contributed by atoms with Crippen molar-refractivity contribution in [2.75, 3.05) is 0 Å². The predicted octanol–water partition coefficient (Wildman–Crippen LogP) is 11.9. The average Bonchev–Trinajstić information content (AvgIpc) is 3.55. The van der Waals surface area contributed by atoms with Crippen LogP contribution < -0.4 is 14.3 Å². The van der Waals surface area contributed by atoms with Gasteiger partial charge in [0.05, 0.1) is 25.2 Å². The summed E-state index contributed by atoms with van der Waals surface area (Å²) in [5, 5.41) is 3.77. The molecule has 0 radical (unpaired) electrons. The van der Waals surface area contributed by atoms with Crippen molar-refractivity contribution in [2.24, 2.45) is 5.41 Å². The number of benzene rings is 3. The molecular weight excluding hydrogens is 723 g/mol. The van der Waals surface area contributed by atoms with E-state index in [2.05, 4.69) is 155 Å². The lowest BCUT2D eigenvalue weighted by atomic mass is 9.78. The first kappa shape index (κ1) is 37.2. The van der Waals surface area contributed by atoms with Crippen LogP contribution in [0.4, 0.5) is 0 Å². The molecular formula is C53H57N3OSi+2. The fourth-order valence-corrected chi connectivity index (χ4v) is 12.5. The summed E-state index contributed by atoms with van der Waals surface area (Å²) in [6.45, 7) is 24.1. The highest BCUT2D eigenvalue weighted by Gasteiger charge is 2.48. The van der Waals surface area contributed by atoms with Crippen LogP contribution in [0.15, 0.2) is 102 Å². The topological polar surface area (TPSA) is 33.8 Å². The first-order valence-corrected chi connectivity index (χ1v) is 25.1. The predicted molar refractivity (Wildman–Crippen MR) is 242 cm³/mol. The molecule has 292 valence electrons. The van der Waals surface area contributed by atoms with Crippen LogP contribution in [-0.4, -0.2) is 13.1 Å². The van der Waals surface area contributed by atoms with Crippen molar-refractivity contribution in [3.63, 3.8) is 0 Å². The number of fused-ring (bicyclic) bond motifs is 14. The number of rotatable bonds is 3. The summed E-state index contributed by atoms with van der Waals surface area (Å²) in [6, 6.07) is 30.0. The van der Waals surface area contributed by atoms with E-state index in [0.717, 1.165) is 59.9 Å². The molecule has 1 aliphatic carbocycles. The first-order valence-electron chi connectivity index (χ1n) is 21.6. The number of hydrogen-bond acceptors (Lipinski definition) is 2. The highest BCUT2D eigenvalue weighted by Crippen LogP contribution is 2.47. The minimum absolute atomic E-state index is 0.0692. The first-order chi connectivity index (χ1) is 27.7. The average molecular weight is 780 g/mol. The molecule has 0 fully saturated rings. The molecule has 7 aromatic rings. The SMILES string of the molecule is C=C1C2C(CCc3cc4oc5nc(-c6c(C)cccc6C)ccc5c4cc3-c3c4c(cc[n+]31)CCCC4)c1ccccc1-c1cc(CC(C)(C)C)c([Si](C)(C)C)c[n+]12. The van der Waals surface area contributed by atoms with Crippen LogP contribution in [0.3, 0.4) is 0 Å². The molecule has 10 rings (SSSR count). The fraction of sp³-hybridized carbons (Fsp3) is 0.340. The van der Waals surface area contributed by atoms with E-state index in [4.69, 9.17) is 16.0 Å². The highest BCUT2D eigenvalue weighted by molar-refractivity contribution is 6.89. The maximum Gasteiger partial charge on any atom is 0.249 e. The van der Waals surface area contributed by atoms with Crippen molar-refractivity contribution in [3.8, 4) is 33.8 Å². The molecule has 0 N–H and O–H groups in total. The van der Waals surface area contributed by atoms with Crippen LogP contribution in [-0.2, 0) is 25.7 Å². The number of aryl methyl sites for hydroxylation is 4. The lowest BCUT2D eigenvalue weighted by molar-refractivity contribution is -0.726. The van der Waals surface area contributed by atoms with Gasteiger partial charge in [0.15, 0.2) is 12.4 Å². The van der Waals surface area contributed by atoms with Crippen LogP contribution in [0.1, 0.15) is 90.9 Å². The Bertz CT molecular complexity index is 2830. The Labute approximate surface area is 345 Å². The molecule has 58 heavy (non-hydrogen) atoms. The van der Waals surface area contributed by atoms with Crippen molar-refractivity contribution in [1.29, 1.82) is 0 Å². The van der Waals surface area contributed by atoms with Gasteiger partial charge in [0.25, 0.3) is 0 Å². The summed E-state index contributed by atoms with van der Waals surface area (Å²) < 4.78 is 11.9. The zero-order valence-corrected chi connectivity index (χ0v) is 36.7. The molecule has 2 atom stereocenters. The Morgan fingerprint density at radius 1 is 0.828 bits per heavy atom. The summed E-state index contributed by atoms with van der Waals surface area (Å²) in [7, 11) is -1.73. The smallest absolute Gasteiger partial charge is 0.249 e. The van der Waals surface area contributed by atoms with Crippen LogP contribution in [0, 0.1) is 19.3 Å². The molecule has 3 aliphatic rings. The van der Waals surface area contributed by atoms with Gasteiger partial charge >= 0.3 is 0 Å². The van der Waals surface area contributed by atoms with Crippen molar-refractivity contribution in [3.05, 3.63) is 137 Å². The minimum atomic E-state index is -1.73. The second kappa shape index (κ2) is 13.5. The van der Waals surface area contributed by atoms with E-state index in [0.29, 0.717) is 5.71 Å². The molecule has 4 nitrogen and oxygen atoms in total. The summed E-state index contributed by atoms with van der Waals surface area (Å²) in [6.07, 6.45) is 12.6. The summed E-state index contributed by atoms with van der Waals surface area (Å²) in [5.41, 5.74) is 20.2. The number of pyridine rings is 3. The van der Waals surface area contributed by atoms with Crippen LogP contribution in [0.5, 0.6) is 0 Å². The number of nitrogens with zero attached hydrogens (tertiary/aromatic N) is 3. The summed E-state index contributed by atoms with van der Waals surface area (Å²) >= 11 is 0. The molecule has 0 amide bonds. The van der Waals surface area contributed by atoms with Gasteiger partial charge in [-0.2, -0.15) is 9.13 Å². The normalized spacial score (nSPS) is 17.7. The lowest BCUT2D eigenvalue weighted by Gasteiger charge is -2.32. The second-order valence-electron chi connectivity index (χ2n) is 19.8. The molecule has 0 saturated heterocycles. The van der Waals surface area contributed by atoms with Gasteiger partial charge in [-0.3, -0.25) is 0 Å². The third kappa shape index (κ3) is 6.03. The van der Waals surface area contributed by atoms with Gasteiger partial charge in [-0.1, -0.05) is 76.8 Å². The number of furan rings is 1. The molecule has 0 bridgehead atoms. The largest absolute Gasteiger partial charge is 0.438 e. The minimum Gasteiger partial charge on any atom is -0.438 e. The van der Waals surface area contributed by atoms with Gasteiger partial charge in [0.2, 0.25) is 28.8 Å². The molecule has 5 heteroatoms. The maximum atomic E-state index is 6.75.